The molecule has 31 heavy (non-hydrogen) atoms. The van der Waals surface area contributed by atoms with Gasteiger partial charge in [-0.3, -0.25) is 15.0 Å². The quantitative estimate of drug-likeness (QED) is 0.454. The Morgan fingerprint density at radius 3 is 2.35 bits per heavy atom. The highest BCUT2D eigenvalue weighted by molar-refractivity contribution is 5.85. The minimum Gasteiger partial charge on any atom is -0.364 e. The molecule has 5 heterocycles. The van der Waals surface area contributed by atoms with Gasteiger partial charge in [0.1, 0.15) is 5.52 Å². The van der Waals surface area contributed by atoms with Crippen molar-refractivity contribution < 1.29 is 0 Å². The summed E-state index contributed by atoms with van der Waals surface area (Å²) in [5, 5.41) is 3.41. The minimum atomic E-state index is 0.567. The summed E-state index contributed by atoms with van der Waals surface area (Å²) >= 11 is 0. The number of rotatable bonds is 6. The second kappa shape index (κ2) is 8.27. The molecular formula is C23H20N8. The predicted octanol–water partition coefficient (Wildman–Crippen LogP) is 3.98. The zero-order valence-corrected chi connectivity index (χ0v) is 17.0. The molecule has 0 unspecified atom stereocenters. The average molecular weight is 408 g/mol. The van der Waals surface area contributed by atoms with E-state index in [0.29, 0.717) is 18.2 Å². The van der Waals surface area contributed by atoms with E-state index in [1.165, 1.54) is 0 Å². The summed E-state index contributed by atoms with van der Waals surface area (Å²) in [6, 6.07) is 11.8. The predicted molar refractivity (Wildman–Crippen MR) is 119 cm³/mol. The molecule has 0 fully saturated rings. The van der Waals surface area contributed by atoms with Gasteiger partial charge in [-0.05, 0) is 42.8 Å². The lowest BCUT2D eigenvalue weighted by Crippen LogP contribution is -2.05. The lowest BCUT2D eigenvalue weighted by Gasteiger charge is -2.10. The number of nitrogens with zero attached hydrogens (tertiary/aromatic N) is 7. The van der Waals surface area contributed by atoms with Crippen LogP contribution in [0, 0.1) is 0 Å². The van der Waals surface area contributed by atoms with Crippen molar-refractivity contribution in [1.82, 2.24) is 34.5 Å². The smallest absolute Gasteiger partial charge is 0.166 e. The van der Waals surface area contributed by atoms with E-state index < -0.39 is 0 Å². The summed E-state index contributed by atoms with van der Waals surface area (Å²) in [5.41, 5.74) is 5.32. The molecular weight excluding hydrogens is 388 g/mol. The van der Waals surface area contributed by atoms with E-state index in [1.54, 1.807) is 24.9 Å². The molecule has 0 spiro atoms. The molecule has 0 saturated heterocycles. The second-order valence-electron chi connectivity index (χ2n) is 6.99. The molecule has 5 rings (SSSR count). The molecule has 0 aromatic carbocycles. The highest BCUT2D eigenvalue weighted by atomic mass is 15.2. The SMILES string of the molecule is CCn1cnc2c(NCc3ccc(-c4cccnc4)nc3)nc(-c3cccnc3)nc21. The van der Waals surface area contributed by atoms with Crippen LogP contribution in [0.25, 0.3) is 33.8 Å². The molecule has 0 amide bonds. The van der Waals surface area contributed by atoms with Crippen LogP contribution < -0.4 is 5.32 Å². The van der Waals surface area contributed by atoms with Crippen LogP contribution in [-0.4, -0.2) is 34.5 Å². The number of anilines is 1. The van der Waals surface area contributed by atoms with Gasteiger partial charge < -0.3 is 9.88 Å². The van der Waals surface area contributed by atoms with E-state index in [-0.39, 0.29) is 0 Å². The summed E-state index contributed by atoms with van der Waals surface area (Å²) in [5.74, 6) is 1.30. The van der Waals surface area contributed by atoms with Crippen molar-refractivity contribution in [2.45, 2.75) is 20.0 Å². The molecule has 5 aromatic heterocycles. The van der Waals surface area contributed by atoms with Crippen molar-refractivity contribution in [2.75, 3.05) is 5.32 Å². The van der Waals surface area contributed by atoms with E-state index in [9.17, 15) is 0 Å². The van der Waals surface area contributed by atoms with Gasteiger partial charge in [-0.2, -0.15) is 0 Å². The first kappa shape index (κ1) is 18.8. The molecule has 152 valence electrons. The Balaban J connectivity index is 1.44. The Hall–Kier alpha value is -4.20. The van der Waals surface area contributed by atoms with Crippen LogP contribution in [0.3, 0.4) is 0 Å². The van der Waals surface area contributed by atoms with Crippen LogP contribution in [-0.2, 0) is 13.1 Å². The van der Waals surface area contributed by atoms with Crippen LogP contribution in [0.4, 0.5) is 5.82 Å². The van der Waals surface area contributed by atoms with Crippen LogP contribution in [0.2, 0.25) is 0 Å². The average Bonchev–Trinajstić information content (AvgIpc) is 3.27. The molecule has 1 N–H and O–H groups in total. The number of hydrogen-bond acceptors (Lipinski definition) is 7. The maximum absolute atomic E-state index is 4.73. The number of aryl methyl sites for hydroxylation is 1. The summed E-state index contributed by atoms with van der Waals surface area (Å²) in [7, 11) is 0. The molecule has 0 aliphatic rings. The van der Waals surface area contributed by atoms with Crippen molar-refractivity contribution in [3.05, 3.63) is 79.3 Å². The summed E-state index contributed by atoms with van der Waals surface area (Å²) in [4.78, 5) is 26.9. The molecule has 0 aliphatic carbocycles. The first-order valence-electron chi connectivity index (χ1n) is 10.0. The molecule has 8 nitrogen and oxygen atoms in total. The van der Waals surface area contributed by atoms with Gasteiger partial charge in [-0.1, -0.05) is 6.07 Å². The van der Waals surface area contributed by atoms with Crippen LogP contribution in [0.1, 0.15) is 12.5 Å². The van der Waals surface area contributed by atoms with Gasteiger partial charge in [0.25, 0.3) is 0 Å². The van der Waals surface area contributed by atoms with Gasteiger partial charge in [-0.15, -0.1) is 0 Å². The molecule has 0 bridgehead atoms. The molecule has 5 aromatic rings. The lowest BCUT2D eigenvalue weighted by atomic mass is 10.1. The van der Waals surface area contributed by atoms with Gasteiger partial charge in [0.2, 0.25) is 0 Å². The number of hydrogen-bond donors (Lipinski definition) is 1. The summed E-state index contributed by atoms with van der Waals surface area (Å²) in [6.45, 7) is 3.41. The fraction of sp³-hybridized carbons (Fsp3) is 0.130. The zero-order chi connectivity index (χ0) is 21.0. The van der Waals surface area contributed by atoms with Crippen molar-refractivity contribution in [3.63, 3.8) is 0 Å². The van der Waals surface area contributed by atoms with Crippen molar-refractivity contribution >= 4 is 17.0 Å². The molecule has 0 radical (unpaired) electrons. The zero-order valence-electron chi connectivity index (χ0n) is 17.0. The summed E-state index contributed by atoms with van der Waals surface area (Å²) < 4.78 is 2.01. The van der Waals surface area contributed by atoms with Crippen LogP contribution in [0.15, 0.2) is 73.7 Å². The van der Waals surface area contributed by atoms with Gasteiger partial charge >= 0.3 is 0 Å². The normalized spacial score (nSPS) is 11.0. The summed E-state index contributed by atoms with van der Waals surface area (Å²) in [6.07, 6.45) is 10.7. The van der Waals surface area contributed by atoms with E-state index in [0.717, 1.165) is 40.1 Å². The molecule has 0 aliphatic heterocycles. The van der Waals surface area contributed by atoms with Crippen LogP contribution in [0.5, 0.6) is 0 Å². The van der Waals surface area contributed by atoms with Crippen molar-refractivity contribution in [3.8, 4) is 22.6 Å². The Bertz CT molecular complexity index is 1300. The van der Waals surface area contributed by atoms with Gasteiger partial charge in [0, 0.05) is 55.2 Å². The third-order valence-corrected chi connectivity index (χ3v) is 4.97. The van der Waals surface area contributed by atoms with Crippen LogP contribution >= 0.6 is 0 Å². The van der Waals surface area contributed by atoms with Crippen molar-refractivity contribution in [1.29, 1.82) is 0 Å². The third-order valence-electron chi connectivity index (χ3n) is 4.97. The molecule has 0 atom stereocenters. The number of aromatic nitrogens is 7. The van der Waals surface area contributed by atoms with E-state index in [1.807, 2.05) is 53.4 Å². The first-order chi connectivity index (χ1) is 15.3. The van der Waals surface area contributed by atoms with E-state index in [4.69, 9.17) is 9.97 Å². The van der Waals surface area contributed by atoms with Crippen molar-refractivity contribution in [2.24, 2.45) is 0 Å². The third kappa shape index (κ3) is 3.83. The molecule has 8 heteroatoms. The number of fused-ring (bicyclic) bond motifs is 1. The second-order valence-corrected chi connectivity index (χ2v) is 6.99. The Morgan fingerprint density at radius 1 is 0.871 bits per heavy atom. The van der Waals surface area contributed by atoms with E-state index >= 15 is 0 Å². The minimum absolute atomic E-state index is 0.567. The fourth-order valence-electron chi connectivity index (χ4n) is 3.32. The maximum Gasteiger partial charge on any atom is 0.166 e. The lowest BCUT2D eigenvalue weighted by molar-refractivity contribution is 0.777. The number of nitrogens with one attached hydrogen (secondary N) is 1. The van der Waals surface area contributed by atoms with Gasteiger partial charge in [0.15, 0.2) is 17.3 Å². The Kier molecular flexibility index (Phi) is 5.02. The maximum atomic E-state index is 4.73. The highest BCUT2D eigenvalue weighted by Crippen LogP contribution is 2.24. The van der Waals surface area contributed by atoms with Gasteiger partial charge in [0.05, 0.1) is 12.0 Å². The highest BCUT2D eigenvalue weighted by Gasteiger charge is 2.14. The standard InChI is InChI=1S/C23H20N8/c1-2-31-15-28-20-22(29-21(30-23(20)31)18-6-4-10-25-14-18)27-12-16-7-8-19(26-11-16)17-5-3-9-24-13-17/h3-11,13-15H,2,12H2,1H3,(H,27,29,30). The Morgan fingerprint density at radius 2 is 1.68 bits per heavy atom. The fourth-order valence-corrected chi connectivity index (χ4v) is 3.32. The topological polar surface area (TPSA) is 94.3 Å². The number of pyridine rings is 3. The molecule has 0 saturated carbocycles. The monoisotopic (exact) mass is 408 g/mol. The largest absolute Gasteiger partial charge is 0.364 e. The van der Waals surface area contributed by atoms with E-state index in [2.05, 4.69) is 32.2 Å². The number of imidazole rings is 1. The first-order valence-corrected chi connectivity index (χ1v) is 10.0. The van der Waals surface area contributed by atoms with Gasteiger partial charge in [-0.25, -0.2) is 15.0 Å². The Labute approximate surface area is 179 Å².